The van der Waals surface area contributed by atoms with Gasteiger partial charge in [-0.15, -0.1) is 6.58 Å². The van der Waals surface area contributed by atoms with Crippen molar-refractivity contribution >= 4 is 23.5 Å². The lowest BCUT2D eigenvalue weighted by molar-refractivity contribution is -0.384. The third-order valence-electron chi connectivity index (χ3n) is 4.74. The number of hydrogen-bond acceptors (Lipinski definition) is 6. The van der Waals surface area contributed by atoms with Gasteiger partial charge in [-0.25, -0.2) is 0 Å². The molecule has 0 fully saturated rings. The minimum Gasteiger partial charge on any atom is -0.490 e. The van der Waals surface area contributed by atoms with Crippen LogP contribution in [0.2, 0.25) is 5.02 Å². The summed E-state index contributed by atoms with van der Waals surface area (Å²) in [7, 11) is 0. The highest BCUT2D eigenvalue weighted by atomic mass is 35.5. The summed E-state index contributed by atoms with van der Waals surface area (Å²) in [6.07, 6.45) is 3.93. The maximum Gasteiger partial charge on any atom is 0.269 e. The number of nitro benzene ring substituents is 1. The molecule has 0 aromatic heterocycles. The minimum atomic E-state index is -0.445. The molecule has 0 spiro atoms. The van der Waals surface area contributed by atoms with Crippen molar-refractivity contribution in [3.05, 3.63) is 111 Å². The van der Waals surface area contributed by atoms with E-state index in [1.807, 2.05) is 43.3 Å². The van der Waals surface area contributed by atoms with Gasteiger partial charge in [0.1, 0.15) is 13.2 Å². The smallest absolute Gasteiger partial charge is 0.269 e. The number of halogens is 1. The second-order valence-electron chi connectivity index (χ2n) is 7.28. The van der Waals surface area contributed by atoms with Crippen LogP contribution in [0.3, 0.4) is 0 Å². The van der Waals surface area contributed by atoms with Crippen LogP contribution in [-0.2, 0) is 24.5 Å². The standard InChI is InChI=1S/C26H25ClN2O5/c1-3-6-22-13-21(16-28-34-18-20-7-5-8-24(14-20)29(30)31)15-25(32-4-2)26(22)33-17-19-9-11-23(27)12-10-19/h3,5,7-16H,1,4,6,17-18H2,2H3/b28-16-. The van der Waals surface area contributed by atoms with Gasteiger partial charge in [-0.3, -0.25) is 10.1 Å². The number of nitro groups is 1. The second-order valence-corrected chi connectivity index (χ2v) is 7.72. The molecule has 0 aliphatic rings. The van der Waals surface area contributed by atoms with E-state index in [2.05, 4.69) is 11.7 Å². The molecule has 0 unspecified atom stereocenters. The summed E-state index contributed by atoms with van der Waals surface area (Å²) in [5, 5.41) is 15.6. The summed E-state index contributed by atoms with van der Waals surface area (Å²) >= 11 is 5.96. The van der Waals surface area contributed by atoms with Crippen molar-refractivity contribution in [1.82, 2.24) is 0 Å². The van der Waals surface area contributed by atoms with Crippen LogP contribution in [-0.4, -0.2) is 17.7 Å². The van der Waals surface area contributed by atoms with Crippen LogP contribution < -0.4 is 9.47 Å². The number of benzene rings is 3. The van der Waals surface area contributed by atoms with Crippen LogP contribution in [0, 0.1) is 10.1 Å². The summed E-state index contributed by atoms with van der Waals surface area (Å²) in [4.78, 5) is 15.8. The topological polar surface area (TPSA) is 83.2 Å². The molecule has 0 heterocycles. The van der Waals surface area contributed by atoms with Gasteiger partial charge < -0.3 is 14.3 Å². The van der Waals surface area contributed by atoms with E-state index in [1.54, 1.807) is 24.4 Å². The van der Waals surface area contributed by atoms with Crippen LogP contribution in [0.1, 0.15) is 29.2 Å². The molecule has 3 rings (SSSR count). The lowest BCUT2D eigenvalue weighted by Crippen LogP contribution is -2.04. The molecule has 0 bridgehead atoms. The average Bonchev–Trinajstić information content (AvgIpc) is 2.83. The molecule has 0 amide bonds. The maximum atomic E-state index is 10.9. The van der Waals surface area contributed by atoms with Gasteiger partial charge in [-0.05, 0) is 48.7 Å². The van der Waals surface area contributed by atoms with E-state index in [4.69, 9.17) is 25.9 Å². The van der Waals surface area contributed by atoms with E-state index in [9.17, 15) is 10.1 Å². The Morgan fingerprint density at radius 3 is 2.56 bits per heavy atom. The fourth-order valence-corrected chi connectivity index (χ4v) is 3.32. The third-order valence-corrected chi connectivity index (χ3v) is 5.00. The van der Waals surface area contributed by atoms with Crippen LogP contribution in [0.4, 0.5) is 5.69 Å². The first-order valence-corrected chi connectivity index (χ1v) is 11.0. The summed E-state index contributed by atoms with van der Waals surface area (Å²) in [5.74, 6) is 1.24. The van der Waals surface area contributed by atoms with Crippen molar-refractivity contribution in [2.75, 3.05) is 6.61 Å². The first kappa shape index (κ1) is 24.8. The molecule has 0 saturated heterocycles. The Kier molecular flexibility index (Phi) is 9.05. The molecular formula is C26H25ClN2O5. The Balaban J connectivity index is 1.75. The lowest BCUT2D eigenvalue weighted by atomic mass is 10.1. The molecule has 8 heteroatoms. The van der Waals surface area contributed by atoms with Crippen LogP contribution >= 0.6 is 11.6 Å². The van der Waals surface area contributed by atoms with Crippen molar-refractivity contribution in [2.24, 2.45) is 5.16 Å². The molecule has 0 N–H and O–H groups in total. The third kappa shape index (κ3) is 7.08. The predicted octanol–water partition coefficient (Wildman–Crippen LogP) is 6.51. The van der Waals surface area contributed by atoms with Crippen molar-refractivity contribution in [3.63, 3.8) is 0 Å². The Bertz CT molecular complexity index is 1160. The molecule has 176 valence electrons. The Morgan fingerprint density at radius 1 is 1.06 bits per heavy atom. The molecule has 3 aromatic carbocycles. The van der Waals surface area contributed by atoms with Gasteiger partial charge in [0.25, 0.3) is 5.69 Å². The molecular weight excluding hydrogens is 456 g/mol. The van der Waals surface area contributed by atoms with E-state index >= 15 is 0 Å². The molecule has 34 heavy (non-hydrogen) atoms. The number of ether oxygens (including phenoxy) is 2. The summed E-state index contributed by atoms with van der Waals surface area (Å²) in [6.45, 7) is 6.68. The first-order chi connectivity index (χ1) is 16.5. The molecule has 3 aromatic rings. The Morgan fingerprint density at radius 2 is 1.85 bits per heavy atom. The van der Waals surface area contributed by atoms with Gasteiger partial charge in [0.05, 0.1) is 17.7 Å². The van der Waals surface area contributed by atoms with Gasteiger partial charge >= 0.3 is 0 Å². The number of hydrogen-bond donors (Lipinski definition) is 0. The van der Waals surface area contributed by atoms with Gasteiger partial charge in [-0.1, -0.05) is 47.1 Å². The zero-order valence-electron chi connectivity index (χ0n) is 18.8. The lowest BCUT2D eigenvalue weighted by Gasteiger charge is -2.17. The normalized spacial score (nSPS) is 10.8. The quantitative estimate of drug-likeness (QED) is 0.128. The SMILES string of the molecule is C=CCc1cc(/C=N\OCc2cccc([N+](=O)[O-])c2)cc(OCC)c1OCc1ccc(Cl)cc1. The molecule has 0 aliphatic carbocycles. The van der Waals surface area contributed by atoms with Crippen LogP contribution in [0.5, 0.6) is 11.5 Å². The van der Waals surface area contributed by atoms with Crippen molar-refractivity contribution in [2.45, 2.75) is 26.6 Å². The van der Waals surface area contributed by atoms with E-state index in [0.29, 0.717) is 41.7 Å². The maximum absolute atomic E-state index is 10.9. The monoisotopic (exact) mass is 480 g/mol. The van der Waals surface area contributed by atoms with E-state index < -0.39 is 4.92 Å². The van der Waals surface area contributed by atoms with Gasteiger partial charge in [-0.2, -0.15) is 0 Å². The zero-order valence-corrected chi connectivity index (χ0v) is 19.5. The highest BCUT2D eigenvalue weighted by Crippen LogP contribution is 2.34. The highest BCUT2D eigenvalue weighted by molar-refractivity contribution is 6.30. The van der Waals surface area contributed by atoms with Gasteiger partial charge in [0, 0.05) is 28.3 Å². The minimum absolute atomic E-state index is 0.00897. The van der Waals surface area contributed by atoms with Crippen LogP contribution in [0.25, 0.3) is 0 Å². The number of allylic oxidation sites excluding steroid dienone is 1. The fraction of sp³-hybridized carbons (Fsp3) is 0.192. The summed E-state index contributed by atoms with van der Waals surface area (Å²) in [6, 6.07) is 17.5. The summed E-state index contributed by atoms with van der Waals surface area (Å²) in [5.41, 5.74) is 3.30. The Hall–Kier alpha value is -3.84. The van der Waals surface area contributed by atoms with Crippen molar-refractivity contribution in [3.8, 4) is 11.5 Å². The van der Waals surface area contributed by atoms with Crippen LogP contribution in [0.15, 0.2) is 78.5 Å². The first-order valence-electron chi connectivity index (χ1n) is 10.7. The number of rotatable bonds is 12. The van der Waals surface area contributed by atoms with E-state index in [1.165, 1.54) is 12.1 Å². The zero-order chi connectivity index (χ0) is 24.3. The van der Waals surface area contributed by atoms with Crippen molar-refractivity contribution < 1.29 is 19.2 Å². The number of oxime groups is 1. The van der Waals surface area contributed by atoms with Crippen molar-refractivity contribution in [1.29, 1.82) is 0 Å². The van der Waals surface area contributed by atoms with Gasteiger partial charge in [0.15, 0.2) is 11.5 Å². The van der Waals surface area contributed by atoms with E-state index in [-0.39, 0.29) is 12.3 Å². The van der Waals surface area contributed by atoms with E-state index in [0.717, 1.165) is 16.7 Å². The fourth-order valence-electron chi connectivity index (χ4n) is 3.20. The highest BCUT2D eigenvalue weighted by Gasteiger charge is 2.13. The predicted molar refractivity (Wildman–Crippen MR) is 133 cm³/mol. The molecule has 0 saturated carbocycles. The Labute approximate surface area is 203 Å². The largest absolute Gasteiger partial charge is 0.490 e. The average molecular weight is 481 g/mol. The number of non-ortho nitro benzene ring substituents is 1. The molecule has 7 nitrogen and oxygen atoms in total. The number of nitrogens with zero attached hydrogens (tertiary/aromatic N) is 2. The molecule has 0 radical (unpaired) electrons. The second kappa shape index (κ2) is 12.4. The molecule has 0 atom stereocenters. The van der Waals surface area contributed by atoms with Gasteiger partial charge in [0.2, 0.25) is 0 Å². The molecule has 0 aliphatic heterocycles. The summed E-state index contributed by atoms with van der Waals surface area (Å²) < 4.78 is 12.0.